The Labute approximate surface area is 206 Å². The fraction of sp³-hybridized carbons (Fsp3) is 0.200. The SMILES string of the molecule is Cc1ccc(O)c(N(c2ccccc2Oc2ccc(C)c(O)c2C)c2c(O)ccc(C)c2C)c1C. The Morgan fingerprint density at radius 3 is 1.63 bits per heavy atom. The number of hydrogen-bond donors (Lipinski definition) is 3. The summed E-state index contributed by atoms with van der Waals surface area (Å²) < 4.78 is 6.36. The standard InChI is InChI=1S/C30H31NO4/c1-17-11-14-24(32)28(20(17)4)31(29-21(5)18(2)12-15-25(29)33)23-9-7-8-10-27(23)35-26-16-13-19(3)30(34)22(26)6/h7-16,32-34H,1-6H3. The van der Waals surface area contributed by atoms with Gasteiger partial charge in [0.25, 0.3) is 0 Å². The maximum Gasteiger partial charge on any atom is 0.151 e. The van der Waals surface area contributed by atoms with Gasteiger partial charge in [-0.25, -0.2) is 0 Å². The maximum absolute atomic E-state index is 11.1. The monoisotopic (exact) mass is 469 g/mol. The predicted octanol–water partition coefficient (Wildman–Crippen LogP) is 7.92. The van der Waals surface area contributed by atoms with Gasteiger partial charge in [0.05, 0.1) is 17.1 Å². The molecule has 180 valence electrons. The molecule has 0 fully saturated rings. The van der Waals surface area contributed by atoms with Crippen LogP contribution < -0.4 is 9.64 Å². The van der Waals surface area contributed by atoms with E-state index in [2.05, 4.69) is 0 Å². The highest BCUT2D eigenvalue weighted by Crippen LogP contribution is 2.51. The Kier molecular flexibility index (Phi) is 6.35. The van der Waals surface area contributed by atoms with Crippen LogP contribution >= 0.6 is 0 Å². The first-order valence-corrected chi connectivity index (χ1v) is 11.6. The first-order chi connectivity index (χ1) is 16.6. The van der Waals surface area contributed by atoms with E-state index in [1.807, 2.05) is 95.0 Å². The summed E-state index contributed by atoms with van der Waals surface area (Å²) >= 11 is 0. The number of nitrogens with zero attached hydrogens (tertiary/aromatic N) is 1. The lowest BCUT2D eigenvalue weighted by Gasteiger charge is -2.32. The van der Waals surface area contributed by atoms with Crippen LogP contribution in [0.5, 0.6) is 28.7 Å². The number of hydrogen-bond acceptors (Lipinski definition) is 5. The van der Waals surface area contributed by atoms with E-state index in [-0.39, 0.29) is 17.2 Å². The zero-order valence-electron chi connectivity index (χ0n) is 21.0. The van der Waals surface area contributed by atoms with E-state index in [0.29, 0.717) is 34.1 Å². The second-order valence-corrected chi connectivity index (χ2v) is 9.01. The topological polar surface area (TPSA) is 73.2 Å². The van der Waals surface area contributed by atoms with E-state index < -0.39 is 0 Å². The van der Waals surface area contributed by atoms with Crippen LogP contribution in [0.1, 0.15) is 33.4 Å². The van der Waals surface area contributed by atoms with Crippen molar-refractivity contribution in [1.82, 2.24) is 0 Å². The van der Waals surface area contributed by atoms with Gasteiger partial charge in [-0.1, -0.05) is 30.3 Å². The third kappa shape index (κ3) is 4.26. The highest BCUT2D eigenvalue weighted by atomic mass is 16.5. The van der Waals surface area contributed by atoms with Crippen LogP contribution in [0.25, 0.3) is 0 Å². The van der Waals surface area contributed by atoms with E-state index in [9.17, 15) is 15.3 Å². The van der Waals surface area contributed by atoms with Crippen molar-refractivity contribution >= 4 is 17.1 Å². The van der Waals surface area contributed by atoms with Crippen molar-refractivity contribution in [3.63, 3.8) is 0 Å². The van der Waals surface area contributed by atoms with E-state index in [1.165, 1.54) is 0 Å². The van der Waals surface area contributed by atoms with Gasteiger partial charge in [0.15, 0.2) is 5.75 Å². The zero-order chi connectivity index (χ0) is 25.4. The lowest BCUT2D eigenvalue weighted by molar-refractivity contribution is 0.445. The molecule has 4 aromatic carbocycles. The van der Waals surface area contributed by atoms with E-state index in [1.54, 1.807) is 12.1 Å². The van der Waals surface area contributed by atoms with Crippen LogP contribution in [0.4, 0.5) is 17.1 Å². The number of rotatable bonds is 5. The van der Waals surface area contributed by atoms with Crippen LogP contribution in [0, 0.1) is 41.5 Å². The molecule has 0 bridgehead atoms. The van der Waals surface area contributed by atoms with Gasteiger partial charge in [0.2, 0.25) is 0 Å². The fourth-order valence-electron chi connectivity index (χ4n) is 4.26. The molecule has 0 radical (unpaired) electrons. The second kappa shape index (κ2) is 9.26. The first kappa shape index (κ1) is 24.0. The molecule has 0 saturated carbocycles. The summed E-state index contributed by atoms with van der Waals surface area (Å²) in [5.41, 5.74) is 6.94. The molecule has 35 heavy (non-hydrogen) atoms. The Morgan fingerprint density at radius 2 is 1.06 bits per heavy atom. The van der Waals surface area contributed by atoms with Gasteiger partial charge in [-0.05, 0) is 99.7 Å². The predicted molar refractivity (Wildman–Crippen MR) is 141 cm³/mol. The summed E-state index contributed by atoms with van der Waals surface area (Å²) in [4.78, 5) is 1.86. The molecule has 0 amide bonds. The third-order valence-corrected chi connectivity index (χ3v) is 6.72. The molecule has 0 atom stereocenters. The van der Waals surface area contributed by atoms with E-state index >= 15 is 0 Å². The van der Waals surface area contributed by atoms with Crippen molar-refractivity contribution in [2.24, 2.45) is 0 Å². The number of ether oxygens (including phenoxy) is 1. The molecule has 0 heterocycles. The molecule has 4 aromatic rings. The average molecular weight is 470 g/mol. The van der Waals surface area contributed by atoms with Crippen molar-refractivity contribution in [1.29, 1.82) is 0 Å². The molecule has 0 spiro atoms. The molecule has 0 unspecified atom stereocenters. The Balaban J connectivity index is 2.01. The molecule has 0 aliphatic carbocycles. The van der Waals surface area contributed by atoms with Gasteiger partial charge in [-0.15, -0.1) is 0 Å². The summed E-state index contributed by atoms with van der Waals surface area (Å²) in [7, 11) is 0. The quantitative estimate of drug-likeness (QED) is 0.277. The van der Waals surface area contributed by atoms with Gasteiger partial charge >= 0.3 is 0 Å². The van der Waals surface area contributed by atoms with Gasteiger partial charge in [0, 0.05) is 5.56 Å². The minimum Gasteiger partial charge on any atom is -0.507 e. The molecule has 0 aliphatic heterocycles. The number of para-hydroxylation sites is 2. The lowest BCUT2D eigenvalue weighted by Crippen LogP contribution is -2.15. The molecule has 3 N–H and O–H groups in total. The Hall–Kier alpha value is -4.12. The Bertz CT molecular complexity index is 1370. The fourth-order valence-corrected chi connectivity index (χ4v) is 4.26. The molecule has 4 rings (SSSR count). The molecular formula is C30H31NO4. The van der Waals surface area contributed by atoms with Crippen LogP contribution in [0.3, 0.4) is 0 Å². The number of aromatic hydroxyl groups is 3. The lowest BCUT2D eigenvalue weighted by atomic mass is 10.0. The molecular weight excluding hydrogens is 438 g/mol. The highest BCUT2D eigenvalue weighted by molar-refractivity contribution is 5.89. The van der Waals surface area contributed by atoms with Crippen LogP contribution in [0.2, 0.25) is 0 Å². The van der Waals surface area contributed by atoms with Crippen molar-refractivity contribution < 1.29 is 20.1 Å². The molecule has 5 heteroatoms. The van der Waals surface area contributed by atoms with E-state index in [0.717, 1.165) is 27.8 Å². The summed E-state index contributed by atoms with van der Waals surface area (Å²) in [6, 6.07) is 18.2. The van der Waals surface area contributed by atoms with E-state index in [4.69, 9.17) is 4.74 Å². The van der Waals surface area contributed by atoms with Crippen molar-refractivity contribution in [2.45, 2.75) is 41.5 Å². The largest absolute Gasteiger partial charge is 0.507 e. The summed E-state index contributed by atoms with van der Waals surface area (Å²) in [5, 5.41) is 32.6. The minimum atomic E-state index is 0.0902. The van der Waals surface area contributed by atoms with Crippen molar-refractivity contribution in [3.05, 3.63) is 94.0 Å². The maximum atomic E-state index is 11.1. The molecule has 0 aromatic heterocycles. The highest BCUT2D eigenvalue weighted by Gasteiger charge is 2.27. The zero-order valence-corrected chi connectivity index (χ0v) is 21.0. The van der Waals surface area contributed by atoms with Crippen LogP contribution in [-0.4, -0.2) is 15.3 Å². The summed E-state index contributed by atoms with van der Waals surface area (Å²) in [6.45, 7) is 11.5. The number of phenolic OH excluding ortho intramolecular Hbond substituents is 3. The van der Waals surface area contributed by atoms with Gasteiger partial charge in [-0.3, -0.25) is 4.90 Å². The van der Waals surface area contributed by atoms with Crippen LogP contribution in [-0.2, 0) is 0 Å². The number of phenols is 3. The van der Waals surface area contributed by atoms with Gasteiger partial charge in [0.1, 0.15) is 23.0 Å². The average Bonchev–Trinajstić information content (AvgIpc) is 2.84. The first-order valence-electron chi connectivity index (χ1n) is 11.6. The number of aryl methyl sites for hydroxylation is 3. The summed E-state index contributed by atoms with van der Waals surface area (Å²) in [6.07, 6.45) is 0. The van der Waals surface area contributed by atoms with Crippen molar-refractivity contribution in [2.75, 3.05) is 4.90 Å². The summed E-state index contributed by atoms with van der Waals surface area (Å²) in [5.74, 6) is 1.41. The minimum absolute atomic E-state index is 0.0902. The molecule has 5 nitrogen and oxygen atoms in total. The Morgan fingerprint density at radius 1 is 0.543 bits per heavy atom. The smallest absolute Gasteiger partial charge is 0.151 e. The van der Waals surface area contributed by atoms with Crippen LogP contribution in [0.15, 0.2) is 60.7 Å². The van der Waals surface area contributed by atoms with Gasteiger partial charge in [-0.2, -0.15) is 0 Å². The normalized spacial score (nSPS) is 10.9. The van der Waals surface area contributed by atoms with Gasteiger partial charge < -0.3 is 20.1 Å². The molecule has 0 saturated heterocycles. The third-order valence-electron chi connectivity index (χ3n) is 6.72. The number of benzene rings is 4. The number of anilines is 3. The second-order valence-electron chi connectivity index (χ2n) is 9.01. The van der Waals surface area contributed by atoms with Crippen molar-refractivity contribution in [3.8, 4) is 28.7 Å². The molecule has 0 aliphatic rings.